The first-order chi connectivity index (χ1) is 9.20. The molecule has 0 aromatic carbocycles. The molecule has 3 N–H and O–H groups in total. The number of rotatable bonds is 4. The van der Waals surface area contributed by atoms with Gasteiger partial charge >= 0.3 is 0 Å². The lowest BCUT2D eigenvalue weighted by Gasteiger charge is -2.29. The first-order valence-corrected chi connectivity index (χ1v) is 6.81. The maximum absolute atomic E-state index is 12.1. The van der Waals surface area contributed by atoms with E-state index in [1.807, 2.05) is 18.3 Å². The van der Waals surface area contributed by atoms with E-state index < -0.39 is 0 Å². The molecule has 1 amide bonds. The maximum atomic E-state index is 12.1. The minimum Gasteiger partial charge on any atom is -0.354 e. The van der Waals surface area contributed by atoms with Gasteiger partial charge in [0.05, 0.1) is 6.04 Å². The molecule has 1 saturated heterocycles. The van der Waals surface area contributed by atoms with E-state index in [0.717, 1.165) is 25.2 Å². The molecule has 0 bridgehead atoms. The van der Waals surface area contributed by atoms with E-state index in [0.29, 0.717) is 18.9 Å². The molecule has 2 rings (SSSR count). The summed E-state index contributed by atoms with van der Waals surface area (Å²) in [5.74, 6) is 0.544. The Morgan fingerprint density at radius 2 is 2.42 bits per heavy atom. The summed E-state index contributed by atoms with van der Waals surface area (Å²) < 4.78 is 0. The van der Waals surface area contributed by atoms with E-state index in [9.17, 15) is 4.79 Å². The molecule has 1 aromatic heterocycles. The number of amides is 1. The van der Waals surface area contributed by atoms with Crippen molar-refractivity contribution < 1.29 is 4.79 Å². The van der Waals surface area contributed by atoms with Gasteiger partial charge in [-0.05, 0) is 30.5 Å². The number of pyridine rings is 1. The largest absolute Gasteiger partial charge is 0.354 e. The molecule has 1 aromatic rings. The summed E-state index contributed by atoms with van der Waals surface area (Å²) in [5, 5.41) is 2.99. The highest BCUT2D eigenvalue weighted by Crippen LogP contribution is 2.15. The number of hydrogen-bond donors (Lipinski definition) is 2. The fraction of sp³-hybridized carbons (Fsp3) is 0.571. The van der Waals surface area contributed by atoms with Gasteiger partial charge in [-0.25, -0.2) is 0 Å². The minimum atomic E-state index is -0.129. The number of aromatic nitrogens is 1. The van der Waals surface area contributed by atoms with E-state index in [-0.39, 0.29) is 11.9 Å². The predicted octanol–water partition coefficient (Wildman–Crippen LogP) is 0.367. The number of carbonyl (C=O) groups excluding carboxylic acids is 1. The zero-order valence-electron chi connectivity index (χ0n) is 11.4. The molecule has 2 heterocycles. The van der Waals surface area contributed by atoms with Gasteiger partial charge in [-0.3, -0.25) is 14.7 Å². The molecule has 5 heteroatoms. The number of carbonyl (C=O) groups is 1. The van der Waals surface area contributed by atoms with E-state index in [1.54, 1.807) is 6.20 Å². The van der Waals surface area contributed by atoms with E-state index >= 15 is 0 Å². The summed E-state index contributed by atoms with van der Waals surface area (Å²) in [7, 11) is 0. The molecule has 2 unspecified atom stereocenters. The van der Waals surface area contributed by atoms with Crippen LogP contribution in [0.4, 0.5) is 0 Å². The molecule has 0 aliphatic carbocycles. The highest BCUT2D eigenvalue weighted by molar-refractivity contribution is 5.82. The van der Waals surface area contributed by atoms with Gasteiger partial charge in [-0.1, -0.05) is 13.0 Å². The molecular weight excluding hydrogens is 240 g/mol. The average molecular weight is 262 g/mol. The van der Waals surface area contributed by atoms with E-state index in [1.165, 1.54) is 0 Å². The smallest absolute Gasteiger partial charge is 0.237 e. The van der Waals surface area contributed by atoms with Crippen molar-refractivity contribution in [1.29, 1.82) is 0 Å². The lowest BCUT2D eigenvalue weighted by atomic mass is 10.1. The van der Waals surface area contributed by atoms with Crippen molar-refractivity contribution in [2.45, 2.75) is 25.9 Å². The van der Waals surface area contributed by atoms with Crippen LogP contribution < -0.4 is 11.1 Å². The fourth-order valence-corrected chi connectivity index (χ4v) is 2.52. The Balaban J connectivity index is 2.14. The summed E-state index contributed by atoms with van der Waals surface area (Å²) in [5.41, 5.74) is 6.77. The van der Waals surface area contributed by atoms with Crippen LogP contribution in [0.5, 0.6) is 0 Å². The maximum Gasteiger partial charge on any atom is 0.237 e. The SMILES string of the molecule is CC1CNC(=O)C(CCN)N(Cc2cccnc2)C1. The summed E-state index contributed by atoms with van der Waals surface area (Å²) >= 11 is 0. The Hall–Kier alpha value is -1.46. The first kappa shape index (κ1) is 14.0. The number of hydrogen-bond acceptors (Lipinski definition) is 4. The third-order valence-corrected chi connectivity index (χ3v) is 3.46. The van der Waals surface area contributed by atoms with E-state index in [2.05, 4.69) is 22.1 Å². The standard InChI is InChI=1S/C14H22N4O/c1-11-7-17-14(19)13(4-5-15)18(9-11)10-12-3-2-6-16-8-12/h2-3,6,8,11,13H,4-5,7,9-10,15H2,1H3,(H,17,19). The monoisotopic (exact) mass is 262 g/mol. The molecule has 1 fully saturated rings. The fourth-order valence-electron chi connectivity index (χ4n) is 2.52. The highest BCUT2D eigenvalue weighted by atomic mass is 16.2. The lowest BCUT2D eigenvalue weighted by molar-refractivity contribution is -0.125. The molecule has 104 valence electrons. The molecular formula is C14H22N4O. The number of nitrogens with one attached hydrogen (secondary N) is 1. The Bertz CT molecular complexity index is 409. The normalized spacial score (nSPS) is 24.8. The summed E-state index contributed by atoms with van der Waals surface area (Å²) in [6.45, 7) is 5.06. The van der Waals surface area contributed by atoms with Crippen LogP contribution in [-0.2, 0) is 11.3 Å². The van der Waals surface area contributed by atoms with E-state index in [4.69, 9.17) is 5.73 Å². The predicted molar refractivity (Wildman–Crippen MR) is 74.3 cm³/mol. The Morgan fingerprint density at radius 3 is 3.11 bits per heavy atom. The summed E-state index contributed by atoms with van der Waals surface area (Å²) in [6.07, 6.45) is 4.31. The third-order valence-electron chi connectivity index (χ3n) is 3.46. The molecule has 1 aliphatic heterocycles. The van der Waals surface area contributed by atoms with Crippen LogP contribution in [0, 0.1) is 5.92 Å². The van der Waals surface area contributed by atoms with Gasteiger partial charge in [0, 0.05) is 32.0 Å². The first-order valence-electron chi connectivity index (χ1n) is 6.81. The van der Waals surface area contributed by atoms with Crippen molar-refractivity contribution in [2.75, 3.05) is 19.6 Å². The molecule has 19 heavy (non-hydrogen) atoms. The van der Waals surface area contributed by atoms with Gasteiger partial charge < -0.3 is 11.1 Å². The molecule has 5 nitrogen and oxygen atoms in total. The third kappa shape index (κ3) is 3.75. The van der Waals surface area contributed by atoms with Crippen LogP contribution in [0.25, 0.3) is 0 Å². The van der Waals surface area contributed by atoms with Crippen molar-refractivity contribution in [3.8, 4) is 0 Å². The highest BCUT2D eigenvalue weighted by Gasteiger charge is 2.29. The average Bonchev–Trinajstić information content (AvgIpc) is 2.54. The second-order valence-electron chi connectivity index (χ2n) is 5.23. The number of nitrogens with two attached hydrogens (primary N) is 1. The Morgan fingerprint density at radius 1 is 1.58 bits per heavy atom. The molecule has 1 aliphatic rings. The van der Waals surface area contributed by atoms with Crippen molar-refractivity contribution in [3.05, 3.63) is 30.1 Å². The van der Waals surface area contributed by atoms with Crippen LogP contribution in [-0.4, -0.2) is 41.5 Å². The molecule has 2 atom stereocenters. The van der Waals surface area contributed by atoms with Crippen molar-refractivity contribution in [3.63, 3.8) is 0 Å². The van der Waals surface area contributed by atoms with Crippen LogP contribution in [0.1, 0.15) is 18.9 Å². The summed E-state index contributed by atoms with van der Waals surface area (Å²) in [6, 6.07) is 3.84. The van der Waals surface area contributed by atoms with Gasteiger partial charge in [-0.15, -0.1) is 0 Å². The van der Waals surface area contributed by atoms with Crippen molar-refractivity contribution in [1.82, 2.24) is 15.2 Å². The quantitative estimate of drug-likeness (QED) is 0.822. The van der Waals surface area contributed by atoms with Crippen LogP contribution >= 0.6 is 0 Å². The van der Waals surface area contributed by atoms with Crippen molar-refractivity contribution in [2.24, 2.45) is 11.7 Å². The molecule has 0 spiro atoms. The second kappa shape index (κ2) is 6.63. The molecule has 0 saturated carbocycles. The lowest BCUT2D eigenvalue weighted by Crippen LogP contribution is -2.45. The van der Waals surface area contributed by atoms with Gasteiger partial charge in [0.15, 0.2) is 0 Å². The number of nitrogens with zero attached hydrogens (tertiary/aromatic N) is 2. The second-order valence-corrected chi connectivity index (χ2v) is 5.23. The van der Waals surface area contributed by atoms with Crippen LogP contribution in [0.2, 0.25) is 0 Å². The van der Waals surface area contributed by atoms with Gasteiger partial charge in [0.1, 0.15) is 0 Å². The van der Waals surface area contributed by atoms with Crippen LogP contribution in [0.3, 0.4) is 0 Å². The zero-order chi connectivity index (χ0) is 13.7. The van der Waals surface area contributed by atoms with Gasteiger partial charge in [-0.2, -0.15) is 0 Å². The zero-order valence-corrected chi connectivity index (χ0v) is 11.4. The van der Waals surface area contributed by atoms with Crippen LogP contribution in [0.15, 0.2) is 24.5 Å². The Labute approximate surface area is 114 Å². The Kier molecular flexibility index (Phi) is 4.87. The van der Waals surface area contributed by atoms with Gasteiger partial charge in [0.25, 0.3) is 0 Å². The van der Waals surface area contributed by atoms with Crippen molar-refractivity contribution >= 4 is 5.91 Å². The topological polar surface area (TPSA) is 71.2 Å². The summed E-state index contributed by atoms with van der Waals surface area (Å²) in [4.78, 5) is 18.5. The minimum absolute atomic E-state index is 0.0960. The van der Waals surface area contributed by atoms with Gasteiger partial charge in [0.2, 0.25) is 5.91 Å². The molecule has 0 radical (unpaired) electrons.